The number of esters is 1. The number of ether oxygens (including phenoxy) is 2. The summed E-state index contributed by atoms with van der Waals surface area (Å²) >= 11 is 6.18. The van der Waals surface area contributed by atoms with Crippen LogP contribution in [0, 0.1) is 18.7 Å². The van der Waals surface area contributed by atoms with Gasteiger partial charge in [0.2, 0.25) is 5.91 Å². The highest BCUT2D eigenvalue weighted by molar-refractivity contribution is 7.71. The third-order valence-corrected chi connectivity index (χ3v) is 6.19. The van der Waals surface area contributed by atoms with Crippen molar-refractivity contribution in [1.29, 1.82) is 0 Å². The molecule has 0 saturated heterocycles. The van der Waals surface area contributed by atoms with E-state index in [0.29, 0.717) is 16.2 Å². The van der Waals surface area contributed by atoms with E-state index in [1.807, 2.05) is 31.2 Å². The van der Waals surface area contributed by atoms with Crippen molar-refractivity contribution in [3.05, 3.63) is 56.6 Å². The number of thiophene rings is 1. The first-order chi connectivity index (χ1) is 15.7. The van der Waals surface area contributed by atoms with Gasteiger partial charge in [-0.1, -0.05) is 18.2 Å². The van der Waals surface area contributed by atoms with E-state index in [1.165, 1.54) is 11.6 Å². The molecule has 2 aromatic heterocycles. The Kier molecular flexibility index (Phi) is 7.77. The molecular formula is C22H23N3O6S2. The Labute approximate surface area is 199 Å². The standard InChI is InChI=1S/C22H23N3O6S2/c1-5-29-21(28)18-13(3)19(14(4)26)33-20(18)23-16(27)10-25-22(32)31-17(24-25)11-30-15-9-7-6-8-12(15)2/h6-9H,5,10-11H2,1-4H3,(H,23,27). The van der Waals surface area contributed by atoms with E-state index < -0.39 is 11.9 Å². The zero-order valence-corrected chi connectivity index (χ0v) is 20.2. The van der Waals surface area contributed by atoms with Crippen LogP contribution in [0.15, 0.2) is 28.7 Å². The minimum absolute atomic E-state index is 0.00550. The lowest BCUT2D eigenvalue weighted by molar-refractivity contribution is -0.116. The van der Waals surface area contributed by atoms with Gasteiger partial charge in [-0.2, -0.15) is 0 Å². The van der Waals surface area contributed by atoms with E-state index in [2.05, 4.69) is 10.4 Å². The zero-order chi connectivity index (χ0) is 24.1. The molecule has 33 heavy (non-hydrogen) atoms. The van der Waals surface area contributed by atoms with Crippen LogP contribution >= 0.6 is 23.6 Å². The van der Waals surface area contributed by atoms with Gasteiger partial charge in [0, 0.05) is 0 Å². The molecule has 0 spiro atoms. The second-order valence-corrected chi connectivity index (χ2v) is 8.43. The molecule has 174 valence electrons. The summed E-state index contributed by atoms with van der Waals surface area (Å²) in [6, 6.07) is 7.51. The Hall–Kier alpha value is -3.31. The van der Waals surface area contributed by atoms with Gasteiger partial charge in [0.05, 0.1) is 17.0 Å². The lowest BCUT2D eigenvalue weighted by Gasteiger charge is -2.07. The SMILES string of the molecule is CCOC(=O)c1c(NC(=O)Cn2nc(COc3ccccc3C)oc2=S)sc(C(C)=O)c1C. The van der Waals surface area contributed by atoms with Gasteiger partial charge in [-0.15, -0.1) is 16.4 Å². The maximum Gasteiger partial charge on any atom is 0.341 e. The number of carbonyl (C=O) groups is 3. The van der Waals surface area contributed by atoms with Crippen LogP contribution in [0.1, 0.15) is 50.9 Å². The summed E-state index contributed by atoms with van der Waals surface area (Å²) in [5.74, 6) is -0.406. The summed E-state index contributed by atoms with van der Waals surface area (Å²) < 4.78 is 17.4. The van der Waals surface area contributed by atoms with Gasteiger partial charge in [0.25, 0.3) is 10.7 Å². The number of Topliss-reactive ketones (excluding diaryl/α,β-unsaturated/α-hetero) is 1. The Bertz CT molecular complexity index is 1260. The number of ketones is 1. The number of nitrogens with one attached hydrogen (secondary N) is 1. The number of anilines is 1. The number of carbonyl (C=O) groups excluding carboxylic acids is 3. The number of nitrogens with zero attached hydrogens (tertiary/aromatic N) is 2. The number of amides is 1. The lowest BCUT2D eigenvalue weighted by Crippen LogP contribution is -2.21. The van der Waals surface area contributed by atoms with Crippen molar-refractivity contribution < 1.29 is 28.3 Å². The molecule has 0 bridgehead atoms. The molecule has 3 aromatic rings. The van der Waals surface area contributed by atoms with Crippen LogP contribution in [-0.4, -0.2) is 34.0 Å². The first-order valence-electron chi connectivity index (χ1n) is 10.1. The quantitative estimate of drug-likeness (QED) is 0.266. The van der Waals surface area contributed by atoms with Crippen molar-refractivity contribution in [2.45, 2.75) is 40.8 Å². The molecule has 3 rings (SSSR count). The largest absolute Gasteiger partial charge is 0.484 e. The summed E-state index contributed by atoms with van der Waals surface area (Å²) in [5.41, 5.74) is 1.59. The highest BCUT2D eigenvalue weighted by Gasteiger charge is 2.25. The molecule has 0 aliphatic heterocycles. The average molecular weight is 490 g/mol. The highest BCUT2D eigenvalue weighted by Crippen LogP contribution is 2.34. The van der Waals surface area contributed by atoms with Crippen LogP contribution in [0.2, 0.25) is 0 Å². The summed E-state index contributed by atoms with van der Waals surface area (Å²) in [7, 11) is 0. The fraction of sp³-hybridized carbons (Fsp3) is 0.318. The molecule has 9 nitrogen and oxygen atoms in total. The highest BCUT2D eigenvalue weighted by atomic mass is 32.1. The summed E-state index contributed by atoms with van der Waals surface area (Å²) in [6.45, 7) is 6.60. The van der Waals surface area contributed by atoms with E-state index in [4.69, 9.17) is 26.1 Å². The zero-order valence-electron chi connectivity index (χ0n) is 18.6. The van der Waals surface area contributed by atoms with Gasteiger partial charge in [0.1, 0.15) is 17.3 Å². The normalized spacial score (nSPS) is 10.7. The molecule has 1 N–H and O–H groups in total. The van der Waals surface area contributed by atoms with Crippen molar-refractivity contribution in [3.8, 4) is 5.75 Å². The molecule has 2 heterocycles. The summed E-state index contributed by atoms with van der Waals surface area (Å²) in [5, 5.41) is 7.09. The van der Waals surface area contributed by atoms with Crippen LogP contribution in [0.25, 0.3) is 0 Å². The molecule has 0 aliphatic carbocycles. The maximum atomic E-state index is 12.7. The van der Waals surface area contributed by atoms with Crippen molar-refractivity contribution in [3.63, 3.8) is 0 Å². The van der Waals surface area contributed by atoms with Crippen LogP contribution in [0.5, 0.6) is 5.75 Å². The van der Waals surface area contributed by atoms with E-state index in [9.17, 15) is 14.4 Å². The number of benzene rings is 1. The molecular weight excluding hydrogens is 466 g/mol. The van der Waals surface area contributed by atoms with Crippen molar-refractivity contribution >= 4 is 46.2 Å². The van der Waals surface area contributed by atoms with Gasteiger partial charge in [-0.3, -0.25) is 9.59 Å². The second kappa shape index (κ2) is 10.5. The van der Waals surface area contributed by atoms with Crippen LogP contribution < -0.4 is 10.1 Å². The molecule has 0 atom stereocenters. The minimum atomic E-state index is -0.609. The third kappa shape index (κ3) is 5.74. The van der Waals surface area contributed by atoms with Gasteiger partial charge < -0.3 is 19.2 Å². The first-order valence-corrected chi connectivity index (χ1v) is 11.3. The number of aryl methyl sites for hydroxylation is 1. The van der Waals surface area contributed by atoms with Crippen LogP contribution in [-0.2, 0) is 22.7 Å². The summed E-state index contributed by atoms with van der Waals surface area (Å²) in [4.78, 5) is 37.4. The number of hydrogen-bond donors (Lipinski definition) is 1. The Morgan fingerprint density at radius 2 is 1.97 bits per heavy atom. The molecule has 0 unspecified atom stereocenters. The Balaban J connectivity index is 1.73. The fourth-order valence-electron chi connectivity index (χ4n) is 3.05. The maximum absolute atomic E-state index is 12.7. The molecule has 0 fully saturated rings. The van der Waals surface area contributed by atoms with Crippen molar-refractivity contribution in [1.82, 2.24) is 9.78 Å². The molecule has 1 amide bonds. The smallest absolute Gasteiger partial charge is 0.341 e. The summed E-state index contributed by atoms with van der Waals surface area (Å²) in [6.07, 6.45) is 0. The topological polar surface area (TPSA) is 113 Å². The molecule has 11 heteroatoms. The van der Waals surface area contributed by atoms with Crippen LogP contribution in [0.3, 0.4) is 0 Å². The molecule has 0 aliphatic rings. The first kappa shape index (κ1) is 24.3. The molecule has 0 radical (unpaired) electrons. The van der Waals surface area contributed by atoms with Crippen molar-refractivity contribution in [2.24, 2.45) is 0 Å². The predicted octanol–water partition coefficient (Wildman–Crippen LogP) is 4.48. The monoisotopic (exact) mass is 489 g/mol. The third-order valence-electron chi connectivity index (χ3n) is 4.59. The number of aromatic nitrogens is 2. The Morgan fingerprint density at radius 1 is 1.24 bits per heavy atom. The van der Waals surface area contributed by atoms with Gasteiger partial charge >= 0.3 is 5.97 Å². The minimum Gasteiger partial charge on any atom is -0.484 e. The van der Waals surface area contributed by atoms with Crippen molar-refractivity contribution in [2.75, 3.05) is 11.9 Å². The van der Waals surface area contributed by atoms with Gasteiger partial charge in [-0.25, -0.2) is 9.48 Å². The average Bonchev–Trinajstić information content (AvgIpc) is 3.26. The predicted molar refractivity (Wildman–Crippen MR) is 124 cm³/mol. The number of rotatable bonds is 9. The Morgan fingerprint density at radius 3 is 2.64 bits per heavy atom. The van der Waals surface area contributed by atoms with E-state index in [1.54, 1.807) is 13.8 Å². The van der Waals surface area contributed by atoms with Crippen LogP contribution in [0.4, 0.5) is 5.00 Å². The van der Waals surface area contributed by atoms with Gasteiger partial charge in [0.15, 0.2) is 12.4 Å². The molecule has 0 saturated carbocycles. The lowest BCUT2D eigenvalue weighted by atomic mass is 10.1. The molecule has 1 aromatic carbocycles. The van der Waals surface area contributed by atoms with E-state index in [-0.39, 0.29) is 46.8 Å². The second-order valence-electron chi connectivity index (χ2n) is 7.06. The van der Waals surface area contributed by atoms with Gasteiger partial charge in [-0.05, 0) is 57.1 Å². The van der Waals surface area contributed by atoms with E-state index in [0.717, 1.165) is 16.9 Å². The number of para-hydroxylation sites is 1. The number of hydrogen-bond acceptors (Lipinski definition) is 9. The fourth-order valence-corrected chi connectivity index (χ4v) is 4.36. The van der Waals surface area contributed by atoms with E-state index >= 15 is 0 Å².